The minimum Gasteiger partial charge on any atom is -0.494 e. The zero-order valence-electron chi connectivity index (χ0n) is 17.5. The van der Waals surface area contributed by atoms with Gasteiger partial charge in [-0.3, -0.25) is 9.36 Å². The molecule has 0 fully saturated rings. The van der Waals surface area contributed by atoms with Crippen LogP contribution in [0, 0.1) is 0 Å². The molecular weight excluding hydrogens is 396 g/mol. The second-order valence-corrected chi connectivity index (χ2v) is 7.76. The van der Waals surface area contributed by atoms with E-state index in [2.05, 4.69) is 34.6 Å². The third-order valence-corrected chi connectivity index (χ3v) is 5.43. The summed E-state index contributed by atoms with van der Waals surface area (Å²) in [6.45, 7) is 5.40. The maximum absolute atomic E-state index is 12.1. The average molecular weight is 425 g/mol. The van der Waals surface area contributed by atoms with Crippen LogP contribution in [0.5, 0.6) is 5.75 Å². The minimum absolute atomic E-state index is 0.0132. The molecule has 1 amide bonds. The number of hydrogen-bond donors (Lipinski definition) is 1. The number of nitrogens with one attached hydrogen (secondary N) is 1. The summed E-state index contributed by atoms with van der Waals surface area (Å²) in [7, 11) is 0. The Hall–Kier alpha value is -2.80. The van der Waals surface area contributed by atoms with Gasteiger partial charge < -0.3 is 10.1 Å². The molecule has 0 saturated carbocycles. The molecule has 0 bridgehead atoms. The highest BCUT2D eigenvalue weighted by Gasteiger charge is 2.16. The van der Waals surface area contributed by atoms with Gasteiger partial charge in [0.1, 0.15) is 11.6 Å². The van der Waals surface area contributed by atoms with Crippen molar-refractivity contribution in [2.75, 3.05) is 18.9 Å². The normalized spacial score (nSPS) is 10.7. The molecule has 1 heterocycles. The Morgan fingerprint density at radius 1 is 1.07 bits per heavy atom. The molecule has 158 valence electrons. The number of nitrogens with zero attached hydrogens (tertiary/aromatic N) is 3. The molecule has 1 N–H and O–H groups in total. The molecule has 0 aliphatic heterocycles. The van der Waals surface area contributed by atoms with Crippen LogP contribution in [0.1, 0.15) is 38.1 Å². The highest BCUT2D eigenvalue weighted by Crippen LogP contribution is 2.25. The molecule has 6 nitrogen and oxygen atoms in total. The number of ether oxygens (including phenoxy) is 1. The third-order valence-electron chi connectivity index (χ3n) is 4.50. The molecule has 0 aliphatic rings. The highest BCUT2D eigenvalue weighted by atomic mass is 32.2. The molecule has 0 aliphatic carbocycles. The SMILES string of the molecule is CCCCNC(=O)CSc1nnc(Cc2ccccc2)n1-c1ccc(OCC)cc1. The summed E-state index contributed by atoms with van der Waals surface area (Å²) in [6.07, 6.45) is 2.70. The Kier molecular flexibility index (Phi) is 8.32. The monoisotopic (exact) mass is 424 g/mol. The van der Waals surface area contributed by atoms with Crippen molar-refractivity contribution in [1.29, 1.82) is 0 Å². The maximum Gasteiger partial charge on any atom is 0.230 e. The molecule has 2 aromatic carbocycles. The van der Waals surface area contributed by atoms with Gasteiger partial charge in [0.2, 0.25) is 5.91 Å². The lowest BCUT2D eigenvalue weighted by Gasteiger charge is -2.11. The molecule has 0 spiro atoms. The Labute approximate surface area is 182 Å². The number of carbonyl (C=O) groups is 1. The predicted molar refractivity (Wildman–Crippen MR) is 120 cm³/mol. The summed E-state index contributed by atoms with van der Waals surface area (Å²) < 4.78 is 7.58. The topological polar surface area (TPSA) is 69.0 Å². The zero-order valence-corrected chi connectivity index (χ0v) is 18.3. The number of thioether (sulfide) groups is 1. The Bertz CT molecular complexity index is 926. The van der Waals surface area contributed by atoms with Gasteiger partial charge in [-0.1, -0.05) is 55.4 Å². The van der Waals surface area contributed by atoms with Crippen LogP contribution in [0.2, 0.25) is 0 Å². The Morgan fingerprint density at radius 2 is 1.83 bits per heavy atom. The first-order valence-electron chi connectivity index (χ1n) is 10.3. The van der Waals surface area contributed by atoms with Gasteiger partial charge in [0.05, 0.1) is 12.4 Å². The summed E-state index contributed by atoms with van der Waals surface area (Å²) >= 11 is 1.40. The van der Waals surface area contributed by atoms with E-state index in [1.165, 1.54) is 11.8 Å². The lowest BCUT2D eigenvalue weighted by Crippen LogP contribution is -2.26. The number of carbonyl (C=O) groups excluding carboxylic acids is 1. The summed E-state index contributed by atoms with van der Waals surface area (Å²) in [5.74, 6) is 1.98. The molecule has 30 heavy (non-hydrogen) atoms. The maximum atomic E-state index is 12.1. The molecule has 0 saturated heterocycles. The van der Waals surface area contributed by atoms with E-state index < -0.39 is 0 Å². The molecule has 1 aromatic heterocycles. The van der Waals surface area contributed by atoms with E-state index in [0.29, 0.717) is 30.5 Å². The molecule has 0 radical (unpaired) electrons. The van der Waals surface area contributed by atoms with Crippen molar-refractivity contribution in [3.05, 3.63) is 66.0 Å². The van der Waals surface area contributed by atoms with E-state index >= 15 is 0 Å². The van der Waals surface area contributed by atoms with Gasteiger partial charge >= 0.3 is 0 Å². The van der Waals surface area contributed by atoms with Gasteiger partial charge in [-0.15, -0.1) is 10.2 Å². The van der Waals surface area contributed by atoms with E-state index in [1.807, 2.05) is 54.0 Å². The van der Waals surface area contributed by atoms with Crippen LogP contribution in [0.4, 0.5) is 0 Å². The van der Waals surface area contributed by atoms with Crippen molar-refractivity contribution in [2.45, 2.75) is 38.3 Å². The minimum atomic E-state index is 0.0132. The van der Waals surface area contributed by atoms with Gasteiger partial charge in [0.15, 0.2) is 5.16 Å². The molecular formula is C23H28N4O2S. The van der Waals surface area contributed by atoms with Crippen LogP contribution >= 0.6 is 11.8 Å². The van der Waals surface area contributed by atoms with Crippen LogP contribution in [0.3, 0.4) is 0 Å². The number of rotatable bonds is 11. The summed E-state index contributed by atoms with van der Waals surface area (Å²) in [5.41, 5.74) is 2.11. The van der Waals surface area contributed by atoms with Crippen LogP contribution in [-0.4, -0.2) is 39.6 Å². The van der Waals surface area contributed by atoms with Crippen molar-refractivity contribution in [1.82, 2.24) is 20.1 Å². The van der Waals surface area contributed by atoms with E-state index in [-0.39, 0.29) is 5.91 Å². The number of unbranched alkanes of at least 4 members (excludes halogenated alkanes) is 1. The van der Waals surface area contributed by atoms with E-state index in [4.69, 9.17) is 4.74 Å². The summed E-state index contributed by atoms with van der Waals surface area (Å²) in [4.78, 5) is 12.1. The van der Waals surface area contributed by atoms with E-state index in [9.17, 15) is 4.79 Å². The van der Waals surface area contributed by atoms with Crippen LogP contribution in [0.25, 0.3) is 5.69 Å². The van der Waals surface area contributed by atoms with Gasteiger partial charge in [-0.2, -0.15) is 0 Å². The Morgan fingerprint density at radius 3 is 2.53 bits per heavy atom. The predicted octanol–water partition coefficient (Wildman–Crippen LogP) is 4.27. The molecule has 0 unspecified atom stereocenters. The van der Waals surface area contributed by atoms with Crippen molar-refractivity contribution in [3.8, 4) is 11.4 Å². The van der Waals surface area contributed by atoms with Crippen molar-refractivity contribution < 1.29 is 9.53 Å². The smallest absolute Gasteiger partial charge is 0.230 e. The molecule has 3 aromatic rings. The van der Waals surface area contributed by atoms with Crippen molar-refractivity contribution >= 4 is 17.7 Å². The van der Waals surface area contributed by atoms with Crippen LogP contribution in [-0.2, 0) is 11.2 Å². The fourth-order valence-electron chi connectivity index (χ4n) is 2.99. The zero-order chi connectivity index (χ0) is 21.2. The van der Waals surface area contributed by atoms with E-state index in [0.717, 1.165) is 35.7 Å². The lowest BCUT2D eigenvalue weighted by molar-refractivity contribution is -0.118. The second kappa shape index (κ2) is 11.4. The highest BCUT2D eigenvalue weighted by molar-refractivity contribution is 7.99. The van der Waals surface area contributed by atoms with Gasteiger partial charge in [0, 0.05) is 18.7 Å². The first-order chi connectivity index (χ1) is 14.7. The number of benzene rings is 2. The van der Waals surface area contributed by atoms with Gasteiger partial charge in [-0.05, 0) is 43.2 Å². The first-order valence-corrected chi connectivity index (χ1v) is 11.3. The molecule has 0 atom stereocenters. The van der Waals surface area contributed by atoms with Gasteiger partial charge in [-0.25, -0.2) is 0 Å². The molecule has 7 heteroatoms. The summed E-state index contributed by atoms with van der Waals surface area (Å²) in [6, 6.07) is 18.1. The lowest BCUT2D eigenvalue weighted by atomic mass is 10.1. The standard InChI is InChI=1S/C23H28N4O2S/c1-3-5-15-24-22(28)17-30-23-26-25-21(16-18-9-7-6-8-10-18)27(23)19-11-13-20(14-12-19)29-4-2/h6-14H,3-5,15-17H2,1-2H3,(H,24,28). The van der Waals surface area contributed by atoms with Crippen molar-refractivity contribution in [3.63, 3.8) is 0 Å². The second-order valence-electron chi connectivity index (χ2n) is 6.82. The van der Waals surface area contributed by atoms with E-state index in [1.54, 1.807) is 0 Å². The first kappa shape index (κ1) is 21.9. The third kappa shape index (κ3) is 6.10. The van der Waals surface area contributed by atoms with Crippen LogP contribution < -0.4 is 10.1 Å². The molecule has 3 rings (SSSR count). The number of aromatic nitrogens is 3. The fraction of sp³-hybridized carbons (Fsp3) is 0.348. The number of amides is 1. The quantitative estimate of drug-likeness (QED) is 0.368. The number of hydrogen-bond acceptors (Lipinski definition) is 5. The van der Waals surface area contributed by atoms with Crippen LogP contribution in [0.15, 0.2) is 59.8 Å². The largest absolute Gasteiger partial charge is 0.494 e. The van der Waals surface area contributed by atoms with Gasteiger partial charge in [0.25, 0.3) is 0 Å². The summed E-state index contributed by atoms with van der Waals surface area (Å²) in [5, 5.41) is 12.5. The fourth-order valence-corrected chi connectivity index (χ4v) is 3.79. The average Bonchev–Trinajstić information content (AvgIpc) is 3.16. The van der Waals surface area contributed by atoms with Crippen molar-refractivity contribution in [2.24, 2.45) is 0 Å². The Balaban J connectivity index is 1.82.